The third kappa shape index (κ3) is 5.51. The van der Waals surface area contributed by atoms with Gasteiger partial charge in [0.15, 0.2) is 6.61 Å². The fourth-order valence-corrected chi connectivity index (χ4v) is 2.46. The van der Waals surface area contributed by atoms with Crippen molar-refractivity contribution in [2.45, 2.75) is 40.3 Å². The molecule has 1 aromatic rings. The van der Waals surface area contributed by atoms with E-state index in [2.05, 4.69) is 40.4 Å². The maximum atomic E-state index is 11.5. The van der Waals surface area contributed by atoms with Crippen molar-refractivity contribution in [3.63, 3.8) is 0 Å². The summed E-state index contributed by atoms with van der Waals surface area (Å²) in [5.74, 6) is 0.685. The highest BCUT2D eigenvalue weighted by Gasteiger charge is 2.11. The predicted octanol–water partition coefficient (Wildman–Crippen LogP) is 2.77. The second-order valence-corrected chi connectivity index (χ2v) is 5.90. The van der Waals surface area contributed by atoms with Crippen molar-refractivity contribution < 1.29 is 9.53 Å². The van der Waals surface area contributed by atoms with Gasteiger partial charge in [0.25, 0.3) is 5.91 Å². The molecule has 0 atom stereocenters. The number of ether oxygens (including phenoxy) is 1. The summed E-state index contributed by atoms with van der Waals surface area (Å²) in [7, 11) is 0. The van der Waals surface area contributed by atoms with Gasteiger partial charge in [0.05, 0.1) is 0 Å². The van der Waals surface area contributed by atoms with E-state index in [1.54, 1.807) is 0 Å². The number of benzene rings is 1. The van der Waals surface area contributed by atoms with E-state index in [0.29, 0.717) is 19.1 Å². The molecule has 5 heteroatoms. The van der Waals surface area contributed by atoms with Gasteiger partial charge in [-0.25, -0.2) is 0 Å². The molecular weight excluding hydrogens is 320 g/mol. The minimum atomic E-state index is -0.0995. The Morgan fingerprint density at radius 1 is 1.40 bits per heavy atom. The summed E-state index contributed by atoms with van der Waals surface area (Å²) in [6.07, 6.45) is 0. The number of likely N-dealkylation sites (N-methyl/N-ethyl adjacent to an activating group) is 1. The van der Waals surface area contributed by atoms with Crippen LogP contribution in [0.5, 0.6) is 5.75 Å². The fraction of sp³-hybridized carbons (Fsp3) is 0.533. The van der Waals surface area contributed by atoms with Crippen molar-refractivity contribution in [3.8, 4) is 5.75 Å². The van der Waals surface area contributed by atoms with Gasteiger partial charge in [-0.15, -0.1) is 0 Å². The Morgan fingerprint density at radius 2 is 2.10 bits per heavy atom. The lowest BCUT2D eigenvalue weighted by molar-refractivity contribution is -0.123. The molecule has 0 spiro atoms. The van der Waals surface area contributed by atoms with E-state index < -0.39 is 0 Å². The van der Waals surface area contributed by atoms with Crippen LogP contribution in [-0.2, 0) is 11.3 Å². The number of aryl methyl sites for hydroxylation is 1. The van der Waals surface area contributed by atoms with Crippen molar-refractivity contribution >= 4 is 21.8 Å². The third-order valence-corrected chi connectivity index (χ3v) is 3.20. The molecule has 4 nitrogen and oxygen atoms in total. The van der Waals surface area contributed by atoms with Crippen molar-refractivity contribution in [1.29, 1.82) is 0 Å². The number of hydrogen-bond donors (Lipinski definition) is 2. The summed E-state index contributed by atoms with van der Waals surface area (Å²) in [6, 6.07) is 4.41. The lowest BCUT2D eigenvalue weighted by Gasteiger charge is -2.16. The Morgan fingerprint density at radius 3 is 2.70 bits per heavy atom. The first-order valence-electron chi connectivity index (χ1n) is 6.86. The first kappa shape index (κ1) is 17.0. The monoisotopic (exact) mass is 342 g/mol. The Bertz CT molecular complexity index is 461. The molecule has 0 unspecified atom stereocenters. The summed E-state index contributed by atoms with van der Waals surface area (Å²) in [5.41, 5.74) is 2.07. The van der Waals surface area contributed by atoms with Gasteiger partial charge in [-0.2, -0.15) is 0 Å². The van der Waals surface area contributed by atoms with E-state index in [-0.39, 0.29) is 12.5 Å². The highest BCUT2D eigenvalue weighted by atomic mass is 79.9. The summed E-state index contributed by atoms with van der Waals surface area (Å²) in [4.78, 5) is 11.5. The van der Waals surface area contributed by atoms with E-state index in [1.165, 1.54) is 0 Å². The summed E-state index contributed by atoms with van der Waals surface area (Å²) in [6.45, 7) is 9.44. The Balaban J connectivity index is 2.83. The average molecular weight is 343 g/mol. The van der Waals surface area contributed by atoms with Crippen LogP contribution in [0.3, 0.4) is 0 Å². The molecule has 0 heterocycles. The predicted molar refractivity (Wildman–Crippen MR) is 85.0 cm³/mol. The van der Waals surface area contributed by atoms with Crippen LogP contribution in [0, 0.1) is 6.92 Å². The van der Waals surface area contributed by atoms with Crippen LogP contribution in [-0.4, -0.2) is 25.1 Å². The number of halogens is 1. The van der Waals surface area contributed by atoms with Gasteiger partial charge in [0, 0.05) is 29.2 Å². The van der Waals surface area contributed by atoms with Gasteiger partial charge in [0.1, 0.15) is 5.75 Å². The third-order valence-electron chi connectivity index (χ3n) is 2.74. The molecule has 0 bridgehead atoms. The second-order valence-electron chi connectivity index (χ2n) is 4.99. The molecule has 0 aromatic heterocycles. The fourth-order valence-electron chi connectivity index (χ4n) is 1.84. The minimum Gasteiger partial charge on any atom is -0.483 e. The maximum absolute atomic E-state index is 11.5. The van der Waals surface area contributed by atoms with Crippen LogP contribution in [0.15, 0.2) is 16.6 Å². The topological polar surface area (TPSA) is 50.4 Å². The van der Waals surface area contributed by atoms with E-state index in [0.717, 1.165) is 21.3 Å². The van der Waals surface area contributed by atoms with E-state index in [4.69, 9.17) is 4.74 Å². The standard InChI is InChI=1S/C15H23BrN2O2/c1-5-17-14(19)9-20-15-11(4)6-13(16)7-12(15)8-18-10(2)3/h6-7,10,18H,5,8-9H2,1-4H3,(H,17,19). The van der Waals surface area contributed by atoms with Gasteiger partial charge in [-0.1, -0.05) is 29.8 Å². The molecule has 0 radical (unpaired) electrons. The smallest absolute Gasteiger partial charge is 0.257 e. The van der Waals surface area contributed by atoms with Crippen LogP contribution >= 0.6 is 15.9 Å². The van der Waals surface area contributed by atoms with Crippen molar-refractivity contribution in [3.05, 3.63) is 27.7 Å². The molecule has 0 saturated carbocycles. The van der Waals surface area contributed by atoms with Crippen molar-refractivity contribution in [2.75, 3.05) is 13.2 Å². The van der Waals surface area contributed by atoms with Gasteiger partial charge >= 0.3 is 0 Å². The number of hydrogen-bond acceptors (Lipinski definition) is 3. The zero-order valence-corrected chi connectivity index (χ0v) is 14.1. The first-order valence-corrected chi connectivity index (χ1v) is 7.65. The number of nitrogens with one attached hydrogen (secondary N) is 2. The van der Waals surface area contributed by atoms with Crippen LogP contribution in [0.25, 0.3) is 0 Å². The summed E-state index contributed by atoms with van der Waals surface area (Å²) >= 11 is 3.50. The molecule has 20 heavy (non-hydrogen) atoms. The van der Waals surface area contributed by atoms with Crippen LogP contribution in [0.1, 0.15) is 31.9 Å². The second kappa shape index (κ2) is 8.27. The molecule has 112 valence electrons. The lowest BCUT2D eigenvalue weighted by atomic mass is 10.1. The van der Waals surface area contributed by atoms with E-state index in [1.807, 2.05) is 26.0 Å². The Labute approximate surface area is 129 Å². The van der Waals surface area contributed by atoms with Crippen LogP contribution < -0.4 is 15.4 Å². The summed E-state index contributed by atoms with van der Waals surface area (Å²) < 4.78 is 6.71. The number of carbonyl (C=O) groups excluding carboxylic acids is 1. The van der Waals surface area contributed by atoms with Gasteiger partial charge < -0.3 is 15.4 Å². The van der Waals surface area contributed by atoms with Crippen LogP contribution in [0.2, 0.25) is 0 Å². The van der Waals surface area contributed by atoms with Crippen molar-refractivity contribution in [1.82, 2.24) is 10.6 Å². The molecule has 0 aliphatic heterocycles. The highest BCUT2D eigenvalue weighted by molar-refractivity contribution is 9.10. The van der Waals surface area contributed by atoms with Crippen LogP contribution in [0.4, 0.5) is 0 Å². The molecule has 2 N–H and O–H groups in total. The molecule has 0 aliphatic carbocycles. The first-order chi connectivity index (χ1) is 9.43. The largest absolute Gasteiger partial charge is 0.483 e. The van der Waals surface area contributed by atoms with E-state index >= 15 is 0 Å². The molecule has 0 saturated heterocycles. The molecular formula is C15H23BrN2O2. The summed E-state index contributed by atoms with van der Waals surface area (Å²) in [5, 5.41) is 6.10. The Hall–Kier alpha value is -1.07. The van der Waals surface area contributed by atoms with Gasteiger partial charge in [-0.05, 0) is 31.5 Å². The lowest BCUT2D eigenvalue weighted by Crippen LogP contribution is -2.29. The Kier molecular flexibility index (Phi) is 7.02. The zero-order chi connectivity index (χ0) is 15.1. The van der Waals surface area contributed by atoms with Gasteiger partial charge in [0.2, 0.25) is 0 Å². The number of amides is 1. The highest BCUT2D eigenvalue weighted by Crippen LogP contribution is 2.28. The molecule has 0 fully saturated rings. The normalized spacial score (nSPS) is 10.7. The SMILES string of the molecule is CCNC(=O)COc1c(C)cc(Br)cc1CNC(C)C. The molecule has 1 aromatic carbocycles. The van der Waals surface area contributed by atoms with E-state index in [9.17, 15) is 4.79 Å². The zero-order valence-electron chi connectivity index (χ0n) is 12.5. The van der Waals surface area contributed by atoms with Gasteiger partial charge in [-0.3, -0.25) is 4.79 Å². The molecule has 1 rings (SSSR count). The molecule has 0 aliphatic rings. The minimum absolute atomic E-state index is 0.0466. The van der Waals surface area contributed by atoms with Crippen molar-refractivity contribution in [2.24, 2.45) is 0 Å². The molecule has 1 amide bonds. The average Bonchev–Trinajstić information content (AvgIpc) is 2.35. The quantitative estimate of drug-likeness (QED) is 0.800. The maximum Gasteiger partial charge on any atom is 0.257 e. The number of carbonyl (C=O) groups is 1. The number of rotatable bonds is 7.